The van der Waals surface area contributed by atoms with Crippen molar-refractivity contribution in [2.45, 2.75) is 45.1 Å². The summed E-state index contributed by atoms with van der Waals surface area (Å²) in [6.45, 7) is 2.26. The van der Waals surface area contributed by atoms with Crippen molar-refractivity contribution in [1.29, 1.82) is 0 Å². The third kappa shape index (κ3) is 2.84. The summed E-state index contributed by atoms with van der Waals surface area (Å²) in [5.41, 5.74) is 5.65. The van der Waals surface area contributed by atoms with Gasteiger partial charge in [-0.05, 0) is 25.7 Å². The fourth-order valence-corrected chi connectivity index (χ4v) is 2.98. The van der Waals surface area contributed by atoms with Crippen LogP contribution in [-0.4, -0.2) is 11.0 Å². The van der Waals surface area contributed by atoms with Crippen molar-refractivity contribution < 1.29 is 0 Å². The summed E-state index contributed by atoms with van der Waals surface area (Å²) in [5.74, 6) is 0.809. The van der Waals surface area contributed by atoms with Gasteiger partial charge in [-0.2, -0.15) is 0 Å². The Kier molecular flexibility index (Phi) is 3.46. The van der Waals surface area contributed by atoms with Gasteiger partial charge < -0.3 is 11.1 Å². The van der Waals surface area contributed by atoms with E-state index in [-0.39, 0.29) is 0 Å². The van der Waals surface area contributed by atoms with Crippen molar-refractivity contribution in [3.8, 4) is 0 Å². The number of rotatable bonds is 3. The number of hydrogen-bond donors (Lipinski definition) is 2. The normalized spacial score (nSPS) is 20.1. The van der Waals surface area contributed by atoms with Gasteiger partial charge in [0, 0.05) is 6.04 Å². The van der Waals surface area contributed by atoms with Crippen molar-refractivity contribution in [2.24, 2.45) is 5.92 Å². The van der Waals surface area contributed by atoms with E-state index in [4.69, 9.17) is 5.73 Å². The van der Waals surface area contributed by atoms with Gasteiger partial charge in [-0.3, -0.25) is 0 Å². The average molecular weight is 225 g/mol. The number of thiazole rings is 1. The fourth-order valence-electron chi connectivity index (χ4n) is 2.30. The van der Waals surface area contributed by atoms with E-state index in [1.807, 2.05) is 0 Å². The maximum atomic E-state index is 5.65. The van der Waals surface area contributed by atoms with Crippen molar-refractivity contribution in [3.63, 3.8) is 0 Å². The number of hydrogen-bond acceptors (Lipinski definition) is 4. The molecular weight excluding hydrogens is 206 g/mol. The second-order valence-corrected chi connectivity index (χ2v) is 5.46. The highest BCUT2D eigenvalue weighted by atomic mass is 32.1. The fraction of sp³-hybridized carbons (Fsp3) is 0.727. The lowest BCUT2D eigenvalue weighted by Gasteiger charge is -2.28. The SMILES string of the molecule is CC(Nc1ncc(N)s1)C1CCCCC1. The van der Waals surface area contributed by atoms with Gasteiger partial charge in [-0.25, -0.2) is 4.98 Å². The van der Waals surface area contributed by atoms with Gasteiger partial charge in [0.1, 0.15) is 5.00 Å². The molecule has 84 valence electrons. The van der Waals surface area contributed by atoms with Crippen molar-refractivity contribution in [2.75, 3.05) is 11.1 Å². The highest BCUT2D eigenvalue weighted by molar-refractivity contribution is 7.19. The smallest absolute Gasteiger partial charge is 0.184 e. The lowest BCUT2D eigenvalue weighted by molar-refractivity contribution is 0.328. The summed E-state index contributed by atoms with van der Waals surface area (Å²) in [6.07, 6.45) is 8.62. The van der Waals surface area contributed by atoms with Crippen LogP contribution in [0.15, 0.2) is 6.20 Å². The van der Waals surface area contributed by atoms with Crippen molar-refractivity contribution in [3.05, 3.63) is 6.20 Å². The molecule has 1 aliphatic carbocycles. The molecule has 1 aliphatic rings. The Morgan fingerprint density at radius 3 is 2.80 bits per heavy atom. The molecule has 3 nitrogen and oxygen atoms in total. The summed E-state index contributed by atoms with van der Waals surface area (Å²) in [7, 11) is 0. The van der Waals surface area contributed by atoms with Crippen LogP contribution in [0.1, 0.15) is 39.0 Å². The molecule has 0 bridgehead atoms. The second-order valence-electron chi connectivity index (χ2n) is 4.40. The van der Waals surface area contributed by atoms with Crippen molar-refractivity contribution >= 4 is 21.5 Å². The van der Waals surface area contributed by atoms with Gasteiger partial charge in [-0.15, -0.1) is 0 Å². The molecule has 0 amide bonds. The predicted octanol–water partition coefficient (Wildman–Crippen LogP) is 3.11. The van der Waals surface area contributed by atoms with Crippen LogP contribution in [0.4, 0.5) is 10.1 Å². The Morgan fingerprint density at radius 1 is 1.47 bits per heavy atom. The zero-order chi connectivity index (χ0) is 10.7. The molecule has 1 aromatic heterocycles. The molecule has 0 aliphatic heterocycles. The van der Waals surface area contributed by atoms with Crippen molar-refractivity contribution in [1.82, 2.24) is 4.98 Å². The van der Waals surface area contributed by atoms with Gasteiger partial charge in [0.15, 0.2) is 5.13 Å². The first-order chi connectivity index (χ1) is 7.25. The number of aromatic nitrogens is 1. The Bertz CT molecular complexity index is 305. The molecule has 1 heterocycles. The van der Waals surface area contributed by atoms with Crippen LogP contribution in [-0.2, 0) is 0 Å². The van der Waals surface area contributed by atoms with E-state index in [2.05, 4.69) is 17.2 Å². The first kappa shape index (κ1) is 10.7. The minimum absolute atomic E-state index is 0.524. The largest absolute Gasteiger partial charge is 0.389 e. The minimum atomic E-state index is 0.524. The van der Waals surface area contributed by atoms with Crippen LogP contribution in [0.25, 0.3) is 0 Å². The molecule has 0 aromatic carbocycles. The third-order valence-corrected chi connectivity index (χ3v) is 3.99. The van der Waals surface area contributed by atoms with E-state index in [1.54, 1.807) is 6.20 Å². The molecule has 4 heteroatoms. The lowest BCUT2D eigenvalue weighted by atomic mass is 9.85. The van der Waals surface area contributed by atoms with Gasteiger partial charge in [-0.1, -0.05) is 30.6 Å². The van der Waals surface area contributed by atoms with E-state index in [1.165, 1.54) is 43.4 Å². The first-order valence-corrected chi connectivity index (χ1v) is 6.55. The third-order valence-electron chi connectivity index (χ3n) is 3.23. The summed E-state index contributed by atoms with van der Waals surface area (Å²) in [6, 6.07) is 0.524. The summed E-state index contributed by atoms with van der Waals surface area (Å²) < 4.78 is 0. The zero-order valence-corrected chi connectivity index (χ0v) is 10.0. The minimum Gasteiger partial charge on any atom is -0.389 e. The highest BCUT2D eigenvalue weighted by Gasteiger charge is 2.20. The number of nitrogens with one attached hydrogen (secondary N) is 1. The molecule has 1 saturated carbocycles. The molecule has 1 fully saturated rings. The summed E-state index contributed by atoms with van der Waals surface area (Å²) >= 11 is 1.54. The molecular formula is C11H19N3S. The number of nitrogens with two attached hydrogens (primary N) is 1. The molecule has 3 N–H and O–H groups in total. The molecule has 0 spiro atoms. The van der Waals surface area contributed by atoms with E-state index < -0.39 is 0 Å². The molecule has 1 unspecified atom stereocenters. The van der Waals surface area contributed by atoms with Crippen LogP contribution in [0.3, 0.4) is 0 Å². The predicted molar refractivity (Wildman–Crippen MR) is 66.2 cm³/mol. The average Bonchev–Trinajstić information content (AvgIpc) is 2.65. The van der Waals surface area contributed by atoms with Crippen LogP contribution in [0.5, 0.6) is 0 Å². The quantitative estimate of drug-likeness (QED) is 0.831. The van der Waals surface area contributed by atoms with Crippen LogP contribution >= 0.6 is 11.3 Å². The van der Waals surface area contributed by atoms with E-state index in [0.29, 0.717) is 6.04 Å². The Labute approximate surface area is 95.1 Å². The topological polar surface area (TPSA) is 50.9 Å². The van der Waals surface area contributed by atoms with E-state index >= 15 is 0 Å². The number of nitrogen functional groups attached to an aromatic ring is 1. The van der Waals surface area contributed by atoms with Crippen LogP contribution in [0.2, 0.25) is 0 Å². The standard InChI is InChI=1S/C11H19N3S/c1-8(9-5-3-2-4-6-9)14-11-13-7-10(12)15-11/h7-9H,2-6,12H2,1H3,(H,13,14). The maximum Gasteiger partial charge on any atom is 0.184 e. The molecule has 15 heavy (non-hydrogen) atoms. The second kappa shape index (κ2) is 4.84. The van der Waals surface area contributed by atoms with Gasteiger partial charge in [0.25, 0.3) is 0 Å². The first-order valence-electron chi connectivity index (χ1n) is 5.73. The number of nitrogens with zero attached hydrogens (tertiary/aromatic N) is 1. The molecule has 0 saturated heterocycles. The van der Waals surface area contributed by atoms with Gasteiger partial charge >= 0.3 is 0 Å². The maximum absolute atomic E-state index is 5.65. The monoisotopic (exact) mass is 225 g/mol. The van der Waals surface area contributed by atoms with Gasteiger partial charge in [0.2, 0.25) is 0 Å². The Balaban J connectivity index is 1.88. The molecule has 2 rings (SSSR count). The molecule has 1 aromatic rings. The summed E-state index contributed by atoms with van der Waals surface area (Å²) in [5, 5.41) is 5.21. The Hall–Kier alpha value is -0.770. The number of anilines is 2. The van der Waals surface area contributed by atoms with E-state index in [9.17, 15) is 0 Å². The van der Waals surface area contributed by atoms with Crippen LogP contribution < -0.4 is 11.1 Å². The molecule has 1 atom stereocenters. The Morgan fingerprint density at radius 2 is 2.20 bits per heavy atom. The highest BCUT2D eigenvalue weighted by Crippen LogP contribution is 2.29. The zero-order valence-electron chi connectivity index (χ0n) is 9.20. The lowest BCUT2D eigenvalue weighted by Crippen LogP contribution is -2.27. The van der Waals surface area contributed by atoms with Crippen LogP contribution in [0, 0.1) is 5.92 Å². The van der Waals surface area contributed by atoms with E-state index in [0.717, 1.165) is 16.1 Å². The van der Waals surface area contributed by atoms with Gasteiger partial charge in [0.05, 0.1) is 6.20 Å². The summed E-state index contributed by atoms with van der Waals surface area (Å²) in [4.78, 5) is 4.23. The molecule has 0 radical (unpaired) electrons.